The van der Waals surface area contributed by atoms with Gasteiger partial charge < -0.3 is 33.7 Å². The van der Waals surface area contributed by atoms with E-state index in [0.29, 0.717) is 13.0 Å². The summed E-state index contributed by atoms with van der Waals surface area (Å²) in [5, 5.41) is 6.09. The second-order valence-electron chi connectivity index (χ2n) is 22.7. The van der Waals surface area contributed by atoms with Gasteiger partial charge in [0.25, 0.3) is 0 Å². The van der Waals surface area contributed by atoms with Crippen molar-refractivity contribution in [3.8, 4) is 0 Å². The largest absolute Gasteiger partial charge is 0.444 e. The van der Waals surface area contributed by atoms with Gasteiger partial charge in [0, 0.05) is 79.8 Å². The van der Waals surface area contributed by atoms with E-state index >= 15 is 0 Å². The average Bonchev–Trinajstić information content (AvgIpc) is 3.60. The van der Waals surface area contributed by atoms with Crippen LogP contribution in [-0.2, 0) is 20.4 Å². The highest BCUT2D eigenvalue weighted by Crippen LogP contribution is 2.48. The Bertz CT molecular complexity index is 1970. The Balaban J connectivity index is 1.25. The van der Waals surface area contributed by atoms with Crippen molar-refractivity contribution in [2.45, 2.75) is 137 Å². The number of hydrogen-bond acceptors (Lipinski definition) is 4. The zero-order valence-electron chi connectivity index (χ0n) is 44.5. The zero-order valence-corrected chi connectivity index (χ0v) is 44.5. The highest BCUT2D eigenvalue weighted by molar-refractivity contribution is 6.03. The number of unbranched alkanes of at least 4 members (excludes halogenated alkanes) is 2. The summed E-state index contributed by atoms with van der Waals surface area (Å²) in [6, 6.07) is 17.9. The number of anilines is 1. The molecule has 10 heteroatoms. The molecule has 0 fully saturated rings. The van der Waals surface area contributed by atoms with E-state index in [1.54, 1.807) is 0 Å². The van der Waals surface area contributed by atoms with Crippen LogP contribution < -0.4 is 15.5 Å². The fourth-order valence-corrected chi connectivity index (χ4v) is 10.4. The Labute approximate surface area is 402 Å². The van der Waals surface area contributed by atoms with Gasteiger partial charge in [-0.1, -0.05) is 62.7 Å². The number of carbonyl (C=O) groups is 2. The van der Waals surface area contributed by atoms with E-state index in [1.165, 1.54) is 64.6 Å². The van der Waals surface area contributed by atoms with Gasteiger partial charge in [0.1, 0.15) is 5.60 Å². The van der Waals surface area contributed by atoms with Crippen LogP contribution in [0, 0.1) is 0 Å². The first-order valence-electron chi connectivity index (χ1n) is 25.7. The van der Waals surface area contributed by atoms with E-state index in [9.17, 15) is 9.59 Å². The number of alkyl carbamates (subject to hydrolysis) is 1. The lowest BCUT2D eigenvalue weighted by Gasteiger charge is -2.35. The predicted molar refractivity (Wildman–Crippen MR) is 278 cm³/mol. The van der Waals surface area contributed by atoms with E-state index in [4.69, 9.17) is 4.74 Å². The molecule has 2 amide bonds. The summed E-state index contributed by atoms with van der Waals surface area (Å²) in [7, 11) is 9.12. The zero-order chi connectivity index (χ0) is 48.8. The summed E-state index contributed by atoms with van der Waals surface area (Å²) in [5.74, 6) is 0.168. The summed E-state index contributed by atoms with van der Waals surface area (Å²) in [6.45, 7) is 34.5. The number of fused-ring (bicyclic) bond motifs is 2. The molecular weight excluding hydrogens is 819 g/mol. The molecule has 0 unspecified atom stereocenters. The molecule has 0 radical (unpaired) electrons. The smallest absolute Gasteiger partial charge is 0.407 e. The topological polar surface area (TPSA) is 73.7 Å². The fraction of sp³-hybridized carbons (Fsp3) is 0.661. The van der Waals surface area contributed by atoms with Gasteiger partial charge in [0.05, 0.1) is 92.4 Å². The van der Waals surface area contributed by atoms with E-state index in [1.807, 2.05) is 20.8 Å². The van der Waals surface area contributed by atoms with Crippen molar-refractivity contribution in [1.82, 2.24) is 10.6 Å². The minimum absolute atomic E-state index is 0.0853. The Kier molecular flexibility index (Phi) is 19.7. The Morgan fingerprint density at radius 1 is 0.697 bits per heavy atom. The molecule has 0 bridgehead atoms. The third-order valence-corrected chi connectivity index (χ3v) is 14.8. The molecule has 0 saturated heterocycles. The van der Waals surface area contributed by atoms with Crippen molar-refractivity contribution in [3.63, 3.8) is 0 Å². The molecule has 368 valence electrons. The first-order chi connectivity index (χ1) is 31.0. The summed E-state index contributed by atoms with van der Waals surface area (Å²) in [6.07, 6.45) is 14.4. The molecule has 2 heterocycles. The normalized spacial score (nSPS) is 16.6. The SMILES string of the molecule is CC[N+](CC)(CC)CCC[N+]1=C(C=CC=C2N(CCCCCC(=O)NCCC[N+](C)(C)CCC[N+](C)(C)CCCNC(=O)OC(C)(C)C)c3ccccc3C2(C)C)C(C)(C)c2ccccc21. The molecule has 10 nitrogen and oxygen atoms in total. The van der Waals surface area contributed by atoms with Gasteiger partial charge in [-0.05, 0) is 85.9 Å². The molecule has 0 saturated carbocycles. The van der Waals surface area contributed by atoms with Gasteiger partial charge in [0.15, 0.2) is 12.3 Å². The monoisotopic (exact) mass is 914 g/mol. The lowest BCUT2D eigenvalue weighted by molar-refractivity contribution is -0.924. The molecule has 0 aromatic heterocycles. The highest BCUT2D eigenvalue weighted by Gasteiger charge is 2.44. The van der Waals surface area contributed by atoms with Crippen LogP contribution in [0.1, 0.15) is 132 Å². The molecule has 0 aliphatic carbocycles. The molecule has 2 aliphatic rings. The number of benzene rings is 2. The van der Waals surface area contributed by atoms with Crippen LogP contribution in [0.5, 0.6) is 0 Å². The van der Waals surface area contributed by atoms with E-state index in [-0.39, 0.29) is 22.8 Å². The number of carbonyl (C=O) groups excluding carboxylic acids is 2. The lowest BCUT2D eigenvalue weighted by Crippen LogP contribution is -2.48. The molecule has 4 rings (SSSR count). The third kappa shape index (κ3) is 15.3. The van der Waals surface area contributed by atoms with Gasteiger partial charge in [0.2, 0.25) is 11.6 Å². The Morgan fingerprint density at radius 3 is 1.89 bits per heavy atom. The van der Waals surface area contributed by atoms with Crippen molar-refractivity contribution in [1.29, 1.82) is 0 Å². The predicted octanol–water partition coefficient (Wildman–Crippen LogP) is 10.1. The number of nitrogens with one attached hydrogen (secondary N) is 2. The molecule has 66 heavy (non-hydrogen) atoms. The number of rotatable bonds is 27. The van der Waals surface area contributed by atoms with Crippen molar-refractivity contribution in [3.05, 3.63) is 83.6 Å². The molecule has 0 spiro atoms. The maximum Gasteiger partial charge on any atom is 0.407 e. The number of para-hydroxylation sites is 2. The summed E-state index contributed by atoms with van der Waals surface area (Å²) < 4.78 is 11.0. The molecule has 2 N–H and O–H groups in total. The number of amides is 2. The van der Waals surface area contributed by atoms with Crippen LogP contribution in [0.3, 0.4) is 0 Å². The van der Waals surface area contributed by atoms with E-state index in [0.717, 1.165) is 99.7 Å². The lowest BCUT2D eigenvalue weighted by atomic mass is 9.81. The first kappa shape index (κ1) is 54.6. The maximum absolute atomic E-state index is 12.9. The molecule has 2 aliphatic heterocycles. The van der Waals surface area contributed by atoms with Crippen molar-refractivity contribution >= 4 is 29.1 Å². The Hall–Kier alpha value is -3.99. The molecule has 2 aromatic rings. The van der Waals surface area contributed by atoms with Crippen molar-refractivity contribution in [2.24, 2.45) is 0 Å². The minimum Gasteiger partial charge on any atom is -0.444 e. The van der Waals surface area contributed by atoms with Crippen LogP contribution in [0.25, 0.3) is 0 Å². The quantitative estimate of drug-likeness (QED) is 0.0532. The summed E-state index contributed by atoms with van der Waals surface area (Å²) in [4.78, 5) is 27.4. The van der Waals surface area contributed by atoms with Crippen LogP contribution in [0.2, 0.25) is 0 Å². The fourth-order valence-electron chi connectivity index (χ4n) is 10.4. The number of allylic oxidation sites excluding steroid dienone is 4. The van der Waals surface area contributed by atoms with Crippen LogP contribution in [-0.4, -0.2) is 148 Å². The van der Waals surface area contributed by atoms with Gasteiger partial charge in [-0.25, -0.2) is 4.79 Å². The standard InChI is InChI=1S/C56H93N7O3/c1-15-63(16-2,17-3)45-28-40-60-49-33-23-21-31-47(49)56(9,10)51(60)35-25-34-50-55(7,8)46-30-20-22-32-48(46)59(50)39-24-18-19-36-52(64)57-37-26-41-61(11,12)43-29-44-62(13,14)42-27-38-58-53(65)66-54(4,5)6/h20-23,25,30-35H,15-19,24,26-29,36-45H2,1-14H3/q+2/p+2. The van der Waals surface area contributed by atoms with Gasteiger partial charge in [-0.15, -0.1) is 0 Å². The number of ether oxygens (including phenoxy) is 1. The molecule has 0 atom stereocenters. The number of nitrogens with zero attached hydrogens (tertiary/aromatic N) is 5. The number of hydrogen-bond donors (Lipinski definition) is 2. The van der Waals surface area contributed by atoms with Crippen LogP contribution in [0.15, 0.2) is 72.5 Å². The second kappa shape index (κ2) is 23.8. The van der Waals surface area contributed by atoms with Gasteiger partial charge in [-0.2, -0.15) is 4.58 Å². The van der Waals surface area contributed by atoms with Crippen LogP contribution in [0.4, 0.5) is 16.2 Å². The molecular formula is C56H95N7O3+4. The number of quaternary nitrogens is 3. The van der Waals surface area contributed by atoms with Gasteiger partial charge in [-0.3, -0.25) is 4.79 Å². The van der Waals surface area contributed by atoms with Crippen molar-refractivity contribution < 1.29 is 32.4 Å². The van der Waals surface area contributed by atoms with Gasteiger partial charge >= 0.3 is 6.09 Å². The average molecular weight is 914 g/mol. The molecule has 2 aromatic carbocycles. The Morgan fingerprint density at radius 2 is 1.27 bits per heavy atom. The van der Waals surface area contributed by atoms with Crippen LogP contribution >= 0.6 is 0 Å². The third-order valence-electron chi connectivity index (χ3n) is 14.8. The second-order valence-corrected chi connectivity index (χ2v) is 22.7. The van der Waals surface area contributed by atoms with E-state index < -0.39 is 5.60 Å². The maximum atomic E-state index is 12.9. The van der Waals surface area contributed by atoms with Crippen molar-refractivity contribution in [2.75, 3.05) is 112 Å². The first-order valence-corrected chi connectivity index (χ1v) is 25.7. The summed E-state index contributed by atoms with van der Waals surface area (Å²) in [5.41, 5.74) is 7.48. The summed E-state index contributed by atoms with van der Waals surface area (Å²) >= 11 is 0. The minimum atomic E-state index is -0.477. The highest BCUT2D eigenvalue weighted by atomic mass is 16.6. The van der Waals surface area contributed by atoms with E-state index in [2.05, 4.69) is 164 Å².